The third-order valence-electron chi connectivity index (χ3n) is 4.68. The molecule has 1 saturated heterocycles. The van der Waals surface area contributed by atoms with Crippen LogP contribution in [0.2, 0.25) is 0 Å². The minimum Gasteiger partial charge on any atom is -0.481 e. The summed E-state index contributed by atoms with van der Waals surface area (Å²) in [4.78, 5) is 38.6. The molecule has 7 heteroatoms. The van der Waals surface area contributed by atoms with Gasteiger partial charge in [-0.15, -0.1) is 0 Å². The van der Waals surface area contributed by atoms with Crippen LogP contribution in [0, 0.1) is 5.92 Å². The van der Waals surface area contributed by atoms with Gasteiger partial charge in [0.05, 0.1) is 19.0 Å². The number of rotatable bonds is 7. The van der Waals surface area contributed by atoms with Gasteiger partial charge in [0.2, 0.25) is 11.8 Å². The molecule has 1 aliphatic rings. The second-order valence-electron chi connectivity index (χ2n) is 6.49. The molecule has 0 spiro atoms. The van der Waals surface area contributed by atoms with Crippen LogP contribution in [-0.4, -0.2) is 59.4 Å². The third kappa shape index (κ3) is 5.29. The molecular weight excluding hydrogens is 322 g/mol. The largest absolute Gasteiger partial charge is 0.481 e. The molecule has 3 N–H and O–H groups in total. The summed E-state index contributed by atoms with van der Waals surface area (Å²) in [6.45, 7) is 1.49. The standard InChI is InChI=1S/C18H25N3O4/c1-20(15(11-17(23)24)13-5-3-2-4-6-13)18(25)14-7-9-21(10-8-14)12-16(19)22/h2-6,14-15H,7-12H2,1H3,(H2,19,22)(H,23,24). The van der Waals surface area contributed by atoms with Gasteiger partial charge in [-0.2, -0.15) is 0 Å². The van der Waals surface area contributed by atoms with Gasteiger partial charge in [-0.1, -0.05) is 30.3 Å². The van der Waals surface area contributed by atoms with E-state index in [1.54, 1.807) is 11.9 Å². The van der Waals surface area contributed by atoms with E-state index in [2.05, 4.69) is 0 Å². The fraction of sp³-hybridized carbons (Fsp3) is 0.500. The smallest absolute Gasteiger partial charge is 0.305 e. The van der Waals surface area contributed by atoms with E-state index in [9.17, 15) is 19.5 Å². The Morgan fingerprint density at radius 1 is 1.24 bits per heavy atom. The average molecular weight is 347 g/mol. The predicted molar refractivity (Wildman–Crippen MR) is 92.6 cm³/mol. The van der Waals surface area contributed by atoms with E-state index in [4.69, 9.17) is 5.73 Å². The quantitative estimate of drug-likeness (QED) is 0.761. The third-order valence-corrected chi connectivity index (χ3v) is 4.68. The van der Waals surface area contributed by atoms with Crippen molar-refractivity contribution in [2.24, 2.45) is 11.7 Å². The maximum atomic E-state index is 12.8. The van der Waals surface area contributed by atoms with Gasteiger partial charge in [0.15, 0.2) is 0 Å². The highest BCUT2D eigenvalue weighted by Crippen LogP contribution is 2.27. The van der Waals surface area contributed by atoms with Gasteiger partial charge in [-0.05, 0) is 31.5 Å². The highest BCUT2D eigenvalue weighted by atomic mass is 16.4. The van der Waals surface area contributed by atoms with Gasteiger partial charge < -0.3 is 15.7 Å². The molecule has 25 heavy (non-hydrogen) atoms. The number of carbonyl (C=O) groups excluding carboxylic acids is 2. The van der Waals surface area contributed by atoms with E-state index in [1.807, 2.05) is 35.2 Å². The maximum Gasteiger partial charge on any atom is 0.305 e. The number of carboxylic acids is 1. The van der Waals surface area contributed by atoms with Crippen molar-refractivity contribution >= 4 is 17.8 Å². The first-order valence-electron chi connectivity index (χ1n) is 8.42. The number of carboxylic acid groups (broad SMARTS) is 1. The molecule has 2 amide bonds. The average Bonchev–Trinajstić information content (AvgIpc) is 2.59. The van der Waals surface area contributed by atoms with E-state index in [1.165, 1.54) is 0 Å². The molecule has 2 rings (SSSR count). The van der Waals surface area contributed by atoms with Gasteiger partial charge in [0, 0.05) is 13.0 Å². The second kappa shape index (κ2) is 8.62. The zero-order valence-electron chi connectivity index (χ0n) is 14.4. The van der Waals surface area contributed by atoms with E-state index in [0.717, 1.165) is 5.56 Å². The number of aliphatic carboxylic acids is 1. The summed E-state index contributed by atoms with van der Waals surface area (Å²) < 4.78 is 0. The molecule has 7 nitrogen and oxygen atoms in total. The Morgan fingerprint density at radius 3 is 2.36 bits per heavy atom. The Balaban J connectivity index is 2.03. The topological polar surface area (TPSA) is 104 Å². The number of nitrogens with zero attached hydrogens (tertiary/aromatic N) is 2. The monoisotopic (exact) mass is 347 g/mol. The first kappa shape index (κ1) is 18.9. The molecule has 1 fully saturated rings. The number of amides is 2. The van der Waals surface area contributed by atoms with E-state index >= 15 is 0 Å². The molecular formula is C18H25N3O4. The summed E-state index contributed by atoms with van der Waals surface area (Å²) in [5.74, 6) is -1.51. The summed E-state index contributed by atoms with van der Waals surface area (Å²) in [6, 6.07) is 8.72. The molecule has 1 heterocycles. The number of hydrogen-bond acceptors (Lipinski definition) is 4. The summed E-state index contributed by atoms with van der Waals surface area (Å²) >= 11 is 0. The second-order valence-corrected chi connectivity index (χ2v) is 6.49. The fourth-order valence-corrected chi connectivity index (χ4v) is 3.32. The minimum absolute atomic E-state index is 0.0474. The van der Waals surface area contributed by atoms with Crippen LogP contribution in [0.1, 0.15) is 30.9 Å². The zero-order valence-corrected chi connectivity index (χ0v) is 14.4. The minimum atomic E-state index is -0.940. The van der Waals surface area contributed by atoms with E-state index in [0.29, 0.717) is 25.9 Å². The lowest BCUT2D eigenvalue weighted by Gasteiger charge is -2.35. The zero-order chi connectivity index (χ0) is 18.4. The van der Waals surface area contributed by atoms with E-state index in [-0.39, 0.29) is 30.7 Å². The van der Waals surface area contributed by atoms with Gasteiger partial charge in [0.25, 0.3) is 0 Å². The molecule has 1 aliphatic heterocycles. The van der Waals surface area contributed by atoms with Crippen LogP contribution in [0.15, 0.2) is 30.3 Å². The van der Waals surface area contributed by atoms with Crippen LogP contribution in [0.4, 0.5) is 0 Å². The Bertz CT molecular complexity index is 612. The number of nitrogens with two attached hydrogens (primary N) is 1. The highest BCUT2D eigenvalue weighted by Gasteiger charge is 2.31. The van der Waals surface area contributed by atoms with Gasteiger partial charge >= 0.3 is 5.97 Å². The number of likely N-dealkylation sites (tertiary alicyclic amines) is 1. The van der Waals surface area contributed by atoms with Crippen LogP contribution in [0.5, 0.6) is 0 Å². The van der Waals surface area contributed by atoms with Crippen molar-refractivity contribution in [1.29, 1.82) is 0 Å². The number of piperidine rings is 1. The Hall–Kier alpha value is -2.41. The Kier molecular flexibility index (Phi) is 6.52. The van der Waals surface area contributed by atoms with Crippen molar-refractivity contribution in [3.63, 3.8) is 0 Å². The molecule has 0 aromatic heterocycles. The summed E-state index contributed by atoms with van der Waals surface area (Å²) in [5, 5.41) is 9.22. The summed E-state index contributed by atoms with van der Waals surface area (Å²) in [5.41, 5.74) is 6.02. The van der Waals surface area contributed by atoms with Crippen LogP contribution >= 0.6 is 0 Å². The first-order chi connectivity index (χ1) is 11.9. The Labute approximate surface area is 147 Å². The van der Waals surface area contributed by atoms with Crippen molar-refractivity contribution in [2.45, 2.75) is 25.3 Å². The van der Waals surface area contributed by atoms with Crippen LogP contribution in [0.25, 0.3) is 0 Å². The molecule has 0 saturated carbocycles. The Morgan fingerprint density at radius 2 is 1.84 bits per heavy atom. The lowest BCUT2D eigenvalue weighted by atomic mass is 9.93. The molecule has 0 radical (unpaired) electrons. The molecule has 0 bridgehead atoms. The first-order valence-corrected chi connectivity index (χ1v) is 8.42. The highest BCUT2D eigenvalue weighted by molar-refractivity contribution is 5.80. The van der Waals surface area contributed by atoms with Crippen molar-refractivity contribution in [2.75, 3.05) is 26.7 Å². The molecule has 1 atom stereocenters. The van der Waals surface area contributed by atoms with Crippen LogP contribution in [-0.2, 0) is 14.4 Å². The number of primary amides is 1. The molecule has 1 unspecified atom stereocenters. The van der Waals surface area contributed by atoms with Gasteiger partial charge in [-0.25, -0.2) is 0 Å². The maximum absolute atomic E-state index is 12.8. The molecule has 1 aromatic rings. The SMILES string of the molecule is CN(C(=O)C1CCN(CC(N)=O)CC1)C(CC(=O)O)c1ccccc1. The molecule has 1 aromatic carbocycles. The lowest BCUT2D eigenvalue weighted by Crippen LogP contribution is -2.44. The number of hydrogen-bond donors (Lipinski definition) is 2. The number of benzene rings is 1. The predicted octanol–water partition coefficient (Wildman–Crippen LogP) is 0.858. The number of carbonyl (C=O) groups is 3. The normalized spacial score (nSPS) is 17.0. The van der Waals surface area contributed by atoms with E-state index < -0.39 is 12.0 Å². The van der Waals surface area contributed by atoms with Crippen molar-refractivity contribution in [3.8, 4) is 0 Å². The van der Waals surface area contributed by atoms with Crippen molar-refractivity contribution in [3.05, 3.63) is 35.9 Å². The summed E-state index contributed by atoms with van der Waals surface area (Å²) in [7, 11) is 1.67. The molecule has 136 valence electrons. The van der Waals surface area contributed by atoms with Crippen LogP contribution in [0.3, 0.4) is 0 Å². The van der Waals surface area contributed by atoms with Gasteiger partial charge in [0.1, 0.15) is 0 Å². The fourth-order valence-electron chi connectivity index (χ4n) is 3.32. The summed E-state index contributed by atoms with van der Waals surface area (Å²) in [6.07, 6.45) is 1.16. The lowest BCUT2D eigenvalue weighted by molar-refractivity contribution is -0.142. The van der Waals surface area contributed by atoms with Crippen molar-refractivity contribution in [1.82, 2.24) is 9.80 Å². The van der Waals surface area contributed by atoms with Crippen LogP contribution < -0.4 is 5.73 Å². The van der Waals surface area contributed by atoms with Gasteiger partial charge in [-0.3, -0.25) is 19.3 Å². The molecule has 0 aliphatic carbocycles. The van der Waals surface area contributed by atoms with Crippen molar-refractivity contribution < 1.29 is 19.5 Å².